The summed E-state index contributed by atoms with van der Waals surface area (Å²) in [6, 6.07) is 5.79. The van der Waals surface area contributed by atoms with Crippen molar-refractivity contribution in [1.82, 2.24) is 4.98 Å². The van der Waals surface area contributed by atoms with Gasteiger partial charge < -0.3 is 0 Å². The third-order valence-corrected chi connectivity index (χ3v) is 1.90. The fourth-order valence-corrected chi connectivity index (χ4v) is 0.899. The molecule has 3 heteroatoms. The van der Waals surface area contributed by atoms with Crippen molar-refractivity contribution in [1.29, 1.82) is 0 Å². The highest BCUT2D eigenvalue weighted by Gasteiger charge is 2.03. The summed E-state index contributed by atoms with van der Waals surface area (Å²) in [6.07, 6.45) is 2.69. The molecule has 0 bridgehead atoms. The molecule has 11 heavy (non-hydrogen) atoms. The minimum absolute atomic E-state index is 0. The normalized spacial score (nSPS) is 11.8. The lowest BCUT2D eigenvalue weighted by molar-refractivity contribution is 0.847. The van der Waals surface area contributed by atoms with Gasteiger partial charge in [0.25, 0.3) is 0 Å². The second kappa shape index (κ2) is 5.39. The van der Waals surface area contributed by atoms with Gasteiger partial charge in [0.2, 0.25) is 0 Å². The standard InChI is InChI=1S/C8H10ClN.ClH/c1-2-7(9)8-5-3-4-6-10-8;/h3-7H,2H2,1H3;1H. The predicted molar refractivity (Wildman–Crippen MR) is 50.4 cm³/mol. The Hall–Kier alpha value is -0.270. The molecule has 1 nitrogen and oxygen atoms in total. The first-order valence-corrected chi connectivity index (χ1v) is 3.83. The monoisotopic (exact) mass is 191 g/mol. The van der Waals surface area contributed by atoms with Gasteiger partial charge in [0, 0.05) is 6.20 Å². The van der Waals surface area contributed by atoms with E-state index in [2.05, 4.69) is 4.98 Å². The minimum atomic E-state index is 0. The third-order valence-electron chi connectivity index (χ3n) is 1.37. The molecule has 0 saturated heterocycles. The number of rotatable bonds is 2. The Balaban J connectivity index is 0.000001000. The predicted octanol–water partition coefficient (Wildman–Crippen LogP) is 3.19. The fourth-order valence-electron chi connectivity index (χ4n) is 0.770. The van der Waals surface area contributed by atoms with E-state index in [9.17, 15) is 0 Å². The smallest absolute Gasteiger partial charge is 0.0754 e. The molecule has 1 heterocycles. The molecule has 1 rings (SSSR count). The molecule has 0 fully saturated rings. The molecule has 1 aromatic heterocycles. The van der Waals surface area contributed by atoms with E-state index in [4.69, 9.17) is 11.6 Å². The van der Waals surface area contributed by atoms with Gasteiger partial charge in [0.1, 0.15) is 0 Å². The van der Waals surface area contributed by atoms with E-state index >= 15 is 0 Å². The molecule has 0 radical (unpaired) electrons. The topological polar surface area (TPSA) is 12.9 Å². The van der Waals surface area contributed by atoms with E-state index in [0.29, 0.717) is 0 Å². The molecular formula is C8H11Cl2N. The molecular weight excluding hydrogens is 181 g/mol. The van der Waals surface area contributed by atoms with E-state index in [1.807, 2.05) is 25.1 Å². The van der Waals surface area contributed by atoms with Gasteiger partial charge in [-0.05, 0) is 18.6 Å². The molecule has 1 aromatic rings. The average molecular weight is 192 g/mol. The van der Waals surface area contributed by atoms with Gasteiger partial charge in [-0.2, -0.15) is 0 Å². The van der Waals surface area contributed by atoms with Crippen LogP contribution < -0.4 is 0 Å². The van der Waals surface area contributed by atoms with Crippen LogP contribution in [0, 0.1) is 0 Å². The van der Waals surface area contributed by atoms with E-state index in [1.54, 1.807) is 6.20 Å². The SMILES string of the molecule is CCC(Cl)c1ccccn1.Cl. The van der Waals surface area contributed by atoms with E-state index < -0.39 is 0 Å². The van der Waals surface area contributed by atoms with Gasteiger partial charge in [-0.3, -0.25) is 4.98 Å². The van der Waals surface area contributed by atoms with Crippen LogP contribution in [0.5, 0.6) is 0 Å². The molecule has 1 atom stereocenters. The molecule has 0 aliphatic heterocycles. The fraction of sp³-hybridized carbons (Fsp3) is 0.375. The van der Waals surface area contributed by atoms with Crippen molar-refractivity contribution in [2.75, 3.05) is 0 Å². The molecule has 0 N–H and O–H groups in total. The zero-order chi connectivity index (χ0) is 7.40. The zero-order valence-electron chi connectivity index (χ0n) is 6.33. The number of alkyl halides is 1. The van der Waals surface area contributed by atoms with E-state index in [-0.39, 0.29) is 17.8 Å². The lowest BCUT2D eigenvalue weighted by atomic mass is 10.2. The molecule has 0 saturated carbocycles. The third kappa shape index (κ3) is 3.08. The van der Waals surface area contributed by atoms with Crippen LogP contribution in [0.15, 0.2) is 24.4 Å². The highest BCUT2D eigenvalue weighted by molar-refractivity contribution is 6.20. The van der Waals surface area contributed by atoms with Gasteiger partial charge >= 0.3 is 0 Å². The van der Waals surface area contributed by atoms with Crippen LogP contribution in [-0.4, -0.2) is 4.98 Å². The molecule has 0 amide bonds. The summed E-state index contributed by atoms with van der Waals surface area (Å²) in [5.74, 6) is 0. The van der Waals surface area contributed by atoms with Crippen LogP contribution in [0.25, 0.3) is 0 Å². The van der Waals surface area contributed by atoms with Crippen LogP contribution in [-0.2, 0) is 0 Å². The Morgan fingerprint density at radius 3 is 2.73 bits per heavy atom. The van der Waals surface area contributed by atoms with Crippen LogP contribution in [0.1, 0.15) is 24.4 Å². The Kier molecular flexibility index (Phi) is 5.26. The molecule has 62 valence electrons. The number of nitrogens with zero attached hydrogens (tertiary/aromatic N) is 1. The number of halogens is 2. The second-order valence-electron chi connectivity index (χ2n) is 2.13. The van der Waals surface area contributed by atoms with Crippen molar-refractivity contribution in [2.24, 2.45) is 0 Å². The largest absolute Gasteiger partial charge is 0.260 e. The van der Waals surface area contributed by atoms with Crippen LogP contribution in [0.4, 0.5) is 0 Å². The lowest BCUT2D eigenvalue weighted by Crippen LogP contribution is -1.90. The van der Waals surface area contributed by atoms with Gasteiger partial charge in [0.15, 0.2) is 0 Å². The first-order valence-electron chi connectivity index (χ1n) is 3.39. The Bertz CT molecular complexity index is 189. The van der Waals surface area contributed by atoms with Crippen LogP contribution in [0.3, 0.4) is 0 Å². The van der Waals surface area contributed by atoms with Gasteiger partial charge in [-0.25, -0.2) is 0 Å². The summed E-state index contributed by atoms with van der Waals surface area (Å²) in [6.45, 7) is 2.05. The average Bonchev–Trinajstić information content (AvgIpc) is 2.05. The van der Waals surface area contributed by atoms with Gasteiger partial charge in [0.05, 0.1) is 11.1 Å². The summed E-state index contributed by atoms with van der Waals surface area (Å²) in [4.78, 5) is 4.12. The number of hydrogen-bond donors (Lipinski definition) is 0. The summed E-state index contributed by atoms with van der Waals surface area (Å²) >= 11 is 5.93. The lowest BCUT2D eigenvalue weighted by Gasteiger charge is -2.02. The Morgan fingerprint density at radius 2 is 2.27 bits per heavy atom. The molecule has 0 spiro atoms. The summed E-state index contributed by atoms with van der Waals surface area (Å²) in [7, 11) is 0. The first kappa shape index (κ1) is 10.7. The molecule has 0 aliphatic rings. The van der Waals surface area contributed by atoms with E-state index in [1.165, 1.54) is 0 Å². The Morgan fingerprint density at radius 1 is 1.55 bits per heavy atom. The molecule has 0 aliphatic carbocycles. The highest BCUT2D eigenvalue weighted by atomic mass is 35.5. The second-order valence-corrected chi connectivity index (χ2v) is 2.66. The van der Waals surface area contributed by atoms with Crippen molar-refractivity contribution in [3.63, 3.8) is 0 Å². The quantitative estimate of drug-likeness (QED) is 0.655. The maximum atomic E-state index is 5.93. The number of aromatic nitrogens is 1. The van der Waals surface area contributed by atoms with Crippen molar-refractivity contribution < 1.29 is 0 Å². The zero-order valence-corrected chi connectivity index (χ0v) is 7.90. The van der Waals surface area contributed by atoms with E-state index in [0.717, 1.165) is 12.1 Å². The maximum Gasteiger partial charge on any atom is 0.0754 e. The summed E-state index contributed by atoms with van der Waals surface area (Å²) < 4.78 is 0. The van der Waals surface area contributed by atoms with Crippen molar-refractivity contribution in [3.05, 3.63) is 30.1 Å². The Labute approximate surface area is 78.2 Å². The number of hydrogen-bond acceptors (Lipinski definition) is 1. The maximum absolute atomic E-state index is 5.93. The van der Waals surface area contributed by atoms with Crippen LogP contribution in [0.2, 0.25) is 0 Å². The molecule has 1 unspecified atom stereocenters. The van der Waals surface area contributed by atoms with Crippen molar-refractivity contribution >= 4 is 24.0 Å². The minimum Gasteiger partial charge on any atom is -0.260 e. The first-order chi connectivity index (χ1) is 4.84. The van der Waals surface area contributed by atoms with Crippen molar-refractivity contribution in [2.45, 2.75) is 18.7 Å². The van der Waals surface area contributed by atoms with Gasteiger partial charge in [-0.15, -0.1) is 24.0 Å². The summed E-state index contributed by atoms with van der Waals surface area (Å²) in [5, 5.41) is 0.0706. The number of pyridine rings is 1. The molecule has 0 aromatic carbocycles. The van der Waals surface area contributed by atoms with Crippen LogP contribution >= 0.6 is 24.0 Å². The van der Waals surface area contributed by atoms with Crippen molar-refractivity contribution in [3.8, 4) is 0 Å². The highest BCUT2D eigenvalue weighted by Crippen LogP contribution is 2.20. The summed E-state index contributed by atoms with van der Waals surface area (Å²) in [5.41, 5.74) is 0.965. The van der Waals surface area contributed by atoms with Gasteiger partial charge in [-0.1, -0.05) is 13.0 Å².